The van der Waals surface area contributed by atoms with Gasteiger partial charge in [-0.2, -0.15) is 0 Å². The molecule has 6 nitrogen and oxygen atoms in total. The molecule has 8 heteroatoms. The molecule has 0 unspecified atom stereocenters. The maximum atomic E-state index is 12.5. The lowest BCUT2D eigenvalue weighted by molar-refractivity contribution is -0.136. The lowest BCUT2D eigenvalue weighted by Gasteiger charge is -2.27. The van der Waals surface area contributed by atoms with Gasteiger partial charge in [-0.1, -0.05) is 35.3 Å². The van der Waals surface area contributed by atoms with Crippen LogP contribution in [-0.2, 0) is 9.53 Å². The van der Waals surface area contributed by atoms with Crippen LogP contribution in [0.25, 0.3) is 0 Å². The van der Waals surface area contributed by atoms with Gasteiger partial charge in [-0.05, 0) is 18.6 Å². The van der Waals surface area contributed by atoms with Crippen LogP contribution in [0.4, 0.5) is 0 Å². The Morgan fingerprint density at radius 2 is 2.04 bits per heavy atom. The molecule has 0 amide bonds. The summed E-state index contributed by atoms with van der Waals surface area (Å²) in [5.41, 5.74) is 5.74. The Hall–Kier alpha value is -2.44. The van der Waals surface area contributed by atoms with E-state index in [0.717, 1.165) is 0 Å². The van der Waals surface area contributed by atoms with Gasteiger partial charge in [0, 0.05) is 6.07 Å². The van der Waals surface area contributed by atoms with E-state index in [1.165, 1.54) is 13.2 Å². The van der Waals surface area contributed by atoms with Gasteiger partial charge in [0.25, 0.3) is 0 Å². The van der Waals surface area contributed by atoms with E-state index < -0.39 is 17.5 Å². The van der Waals surface area contributed by atoms with Crippen molar-refractivity contribution in [1.29, 1.82) is 0 Å². The predicted octanol–water partition coefficient (Wildman–Crippen LogP) is 3.12. The lowest BCUT2D eigenvalue weighted by Crippen LogP contribution is -2.30. The Morgan fingerprint density at radius 3 is 2.72 bits per heavy atom. The van der Waals surface area contributed by atoms with E-state index >= 15 is 0 Å². The molecule has 0 spiro atoms. The quantitative estimate of drug-likeness (QED) is 0.803. The van der Waals surface area contributed by atoms with Crippen molar-refractivity contribution < 1.29 is 18.7 Å². The van der Waals surface area contributed by atoms with Crippen LogP contribution in [0.2, 0.25) is 10.0 Å². The van der Waals surface area contributed by atoms with Crippen LogP contribution in [0.1, 0.15) is 22.8 Å². The molecule has 0 bridgehead atoms. The highest BCUT2D eigenvalue weighted by atomic mass is 35.5. The zero-order valence-corrected chi connectivity index (χ0v) is 14.8. The zero-order chi connectivity index (χ0) is 18.3. The van der Waals surface area contributed by atoms with Gasteiger partial charge in [-0.25, -0.2) is 9.59 Å². The number of carbonyl (C=O) groups excluding carboxylic acids is 1. The molecule has 1 atom stereocenters. The number of fused-ring (bicyclic) bond motifs is 1. The molecule has 1 aromatic heterocycles. The topological polar surface area (TPSA) is 91.8 Å². The number of esters is 1. The highest BCUT2D eigenvalue weighted by molar-refractivity contribution is 6.42. The van der Waals surface area contributed by atoms with Crippen molar-refractivity contribution in [2.45, 2.75) is 12.8 Å². The number of methoxy groups -OCH3 is 1. The minimum absolute atomic E-state index is 0.0460. The summed E-state index contributed by atoms with van der Waals surface area (Å²) in [6.45, 7) is 1.60. The second-order valence-corrected chi connectivity index (χ2v) is 6.16. The average molecular weight is 382 g/mol. The second-order valence-electron chi connectivity index (χ2n) is 5.37. The van der Waals surface area contributed by atoms with E-state index in [-0.39, 0.29) is 32.8 Å². The fourth-order valence-electron chi connectivity index (χ4n) is 2.78. The van der Waals surface area contributed by atoms with Crippen LogP contribution < -0.4 is 16.1 Å². The SMILES string of the molecule is COC(=O)C1=C(N)Oc2cc(C)oc(=O)c2[C@H]1c1cccc(Cl)c1Cl. The van der Waals surface area contributed by atoms with Gasteiger partial charge in [0.05, 0.1) is 28.6 Å². The first-order valence-electron chi connectivity index (χ1n) is 7.19. The van der Waals surface area contributed by atoms with Crippen molar-refractivity contribution in [3.05, 3.63) is 73.1 Å². The number of carbonyl (C=O) groups is 1. The van der Waals surface area contributed by atoms with Crippen LogP contribution in [0.5, 0.6) is 5.75 Å². The molecular weight excluding hydrogens is 369 g/mol. The van der Waals surface area contributed by atoms with Gasteiger partial charge in [0.1, 0.15) is 17.1 Å². The fourth-order valence-corrected chi connectivity index (χ4v) is 3.20. The molecule has 0 saturated carbocycles. The molecule has 0 radical (unpaired) electrons. The highest BCUT2D eigenvalue weighted by Crippen LogP contribution is 2.44. The molecule has 0 saturated heterocycles. The molecule has 1 aromatic carbocycles. The summed E-state index contributed by atoms with van der Waals surface area (Å²) in [5, 5.41) is 0.461. The normalized spacial score (nSPS) is 16.2. The Morgan fingerprint density at radius 1 is 1.32 bits per heavy atom. The Kier molecular flexibility index (Phi) is 4.49. The van der Waals surface area contributed by atoms with Crippen molar-refractivity contribution in [3.8, 4) is 5.75 Å². The standard InChI is InChI=1S/C17H13Cl2NO5/c1-7-6-10-12(17(22)24-7)11(8-4-3-5-9(18)14(8)19)13(15(20)25-10)16(21)23-2/h3-6,11H,20H2,1-2H3/t11-/m1/s1. The maximum Gasteiger partial charge on any atom is 0.343 e. The first kappa shape index (κ1) is 17.4. The zero-order valence-electron chi connectivity index (χ0n) is 13.3. The molecular formula is C17H13Cl2NO5. The third-order valence-electron chi connectivity index (χ3n) is 3.83. The molecule has 130 valence electrons. The third kappa shape index (κ3) is 2.88. The van der Waals surface area contributed by atoms with E-state index in [9.17, 15) is 9.59 Å². The van der Waals surface area contributed by atoms with E-state index in [0.29, 0.717) is 11.3 Å². The first-order valence-corrected chi connectivity index (χ1v) is 7.95. The van der Waals surface area contributed by atoms with E-state index in [1.807, 2.05) is 0 Å². The summed E-state index contributed by atoms with van der Waals surface area (Å²) in [6, 6.07) is 6.41. The van der Waals surface area contributed by atoms with Gasteiger partial charge >= 0.3 is 11.6 Å². The van der Waals surface area contributed by atoms with Crippen LogP contribution in [0.15, 0.2) is 44.9 Å². The summed E-state index contributed by atoms with van der Waals surface area (Å²) in [6.07, 6.45) is 0. The smallest absolute Gasteiger partial charge is 0.343 e. The monoisotopic (exact) mass is 381 g/mol. The highest BCUT2D eigenvalue weighted by Gasteiger charge is 2.39. The number of hydrogen-bond acceptors (Lipinski definition) is 6. The summed E-state index contributed by atoms with van der Waals surface area (Å²) in [7, 11) is 1.20. The molecule has 3 rings (SSSR count). The van der Waals surface area contributed by atoms with Crippen molar-refractivity contribution in [1.82, 2.24) is 0 Å². The first-order chi connectivity index (χ1) is 11.8. The van der Waals surface area contributed by atoms with Crippen LogP contribution in [-0.4, -0.2) is 13.1 Å². The number of ether oxygens (including phenoxy) is 2. The lowest BCUT2D eigenvalue weighted by atomic mass is 9.83. The van der Waals surface area contributed by atoms with Crippen molar-refractivity contribution in [2.75, 3.05) is 7.11 Å². The predicted molar refractivity (Wildman–Crippen MR) is 91.9 cm³/mol. The summed E-state index contributed by atoms with van der Waals surface area (Å²) in [4.78, 5) is 24.8. The average Bonchev–Trinajstić information content (AvgIpc) is 2.55. The number of rotatable bonds is 2. The van der Waals surface area contributed by atoms with Crippen LogP contribution >= 0.6 is 23.2 Å². The van der Waals surface area contributed by atoms with Crippen LogP contribution in [0.3, 0.4) is 0 Å². The second kappa shape index (κ2) is 6.46. The van der Waals surface area contributed by atoms with E-state index in [4.69, 9.17) is 42.8 Å². The van der Waals surface area contributed by atoms with Gasteiger partial charge in [0.15, 0.2) is 0 Å². The molecule has 25 heavy (non-hydrogen) atoms. The van der Waals surface area contributed by atoms with Gasteiger partial charge in [-0.15, -0.1) is 0 Å². The number of halogens is 2. The maximum absolute atomic E-state index is 12.5. The summed E-state index contributed by atoms with van der Waals surface area (Å²) < 4.78 is 15.4. The van der Waals surface area contributed by atoms with Gasteiger partial charge in [-0.3, -0.25) is 0 Å². The molecule has 2 heterocycles. The Balaban J connectivity index is 2.37. The minimum Gasteiger partial charge on any atom is -0.465 e. The molecule has 1 aliphatic heterocycles. The van der Waals surface area contributed by atoms with Crippen molar-refractivity contribution in [2.24, 2.45) is 5.73 Å². The third-order valence-corrected chi connectivity index (χ3v) is 4.67. The fraction of sp³-hybridized carbons (Fsp3) is 0.176. The van der Waals surface area contributed by atoms with E-state index in [1.54, 1.807) is 25.1 Å². The van der Waals surface area contributed by atoms with Gasteiger partial charge < -0.3 is 19.6 Å². The van der Waals surface area contributed by atoms with Crippen molar-refractivity contribution in [3.63, 3.8) is 0 Å². The molecule has 1 aliphatic rings. The Labute approximate surface area is 152 Å². The number of hydrogen-bond donors (Lipinski definition) is 1. The van der Waals surface area contributed by atoms with E-state index in [2.05, 4.69) is 0 Å². The summed E-state index contributed by atoms with van der Waals surface area (Å²) >= 11 is 12.4. The number of benzene rings is 1. The Bertz CT molecular complexity index is 964. The molecule has 2 aromatic rings. The molecule has 0 aliphatic carbocycles. The van der Waals surface area contributed by atoms with Gasteiger partial charge in [0.2, 0.25) is 5.88 Å². The van der Waals surface area contributed by atoms with Crippen molar-refractivity contribution >= 4 is 29.2 Å². The number of aryl methyl sites for hydroxylation is 1. The largest absolute Gasteiger partial charge is 0.465 e. The summed E-state index contributed by atoms with van der Waals surface area (Å²) in [5.74, 6) is -1.32. The molecule has 0 fully saturated rings. The van der Waals surface area contributed by atoms with Crippen LogP contribution in [0, 0.1) is 6.92 Å². The molecule has 2 N–H and O–H groups in total. The number of nitrogens with two attached hydrogens (primary N) is 1. The minimum atomic E-state index is -0.931.